The van der Waals surface area contributed by atoms with E-state index >= 15 is 0 Å². The highest BCUT2D eigenvalue weighted by atomic mass is 16.3. The van der Waals surface area contributed by atoms with E-state index in [1.165, 1.54) is 17.0 Å². The molecule has 30 heavy (non-hydrogen) atoms. The molecule has 0 heterocycles. The van der Waals surface area contributed by atoms with Gasteiger partial charge in [0.05, 0.1) is 11.3 Å². The molecule has 0 fully saturated rings. The quantitative estimate of drug-likeness (QED) is 0.407. The summed E-state index contributed by atoms with van der Waals surface area (Å²) in [5.74, 6) is -0.651. The van der Waals surface area contributed by atoms with Gasteiger partial charge in [-0.05, 0) is 38.0 Å². The van der Waals surface area contributed by atoms with Crippen molar-refractivity contribution >= 4 is 23.0 Å². The van der Waals surface area contributed by atoms with Crippen LogP contribution in [0.15, 0.2) is 58.1 Å². The molecule has 0 unspecified atom stereocenters. The van der Waals surface area contributed by atoms with Crippen molar-refractivity contribution in [2.75, 3.05) is 24.7 Å². The van der Waals surface area contributed by atoms with Crippen LogP contribution in [-0.2, 0) is 6.42 Å². The molecule has 7 nitrogen and oxygen atoms in total. The minimum Gasteiger partial charge on any atom is -0.505 e. The zero-order valence-corrected chi connectivity index (χ0v) is 17.4. The Morgan fingerprint density at radius 3 is 2.27 bits per heavy atom. The summed E-state index contributed by atoms with van der Waals surface area (Å²) in [5.41, 5.74) is -0.159. The number of anilines is 3. The first-order valence-corrected chi connectivity index (χ1v) is 9.57. The van der Waals surface area contributed by atoms with Gasteiger partial charge in [0.25, 0.3) is 16.8 Å². The molecule has 0 aliphatic carbocycles. The van der Waals surface area contributed by atoms with E-state index in [2.05, 4.69) is 10.6 Å². The third-order valence-corrected chi connectivity index (χ3v) is 4.79. The number of carbonyl (C=O) groups is 1. The number of phenols is 1. The maximum absolute atomic E-state index is 12.2. The fraction of sp³-hybridized carbons (Fsp3) is 0.261. The van der Waals surface area contributed by atoms with Crippen LogP contribution in [0.2, 0.25) is 0 Å². The molecular weight excluding hydrogens is 382 g/mol. The minimum atomic E-state index is -0.670. The number of hydrogen-bond donors (Lipinski definition) is 3. The second kappa shape index (κ2) is 8.02. The van der Waals surface area contributed by atoms with Crippen LogP contribution in [0.1, 0.15) is 32.6 Å². The fourth-order valence-corrected chi connectivity index (χ4v) is 3.31. The van der Waals surface area contributed by atoms with Crippen molar-refractivity contribution in [3.05, 3.63) is 80.1 Å². The summed E-state index contributed by atoms with van der Waals surface area (Å²) in [6.45, 7) is 3.88. The lowest BCUT2D eigenvalue weighted by atomic mass is 9.94. The second-order valence-electron chi connectivity index (χ2n) is 8.11. The molecule has 3 N–H and O–H groups in total. The van der Waals surface area contributed by atoms with Crippen molar-refractivity contribution in [1.29, 1.82) is 0 Å². The maximum Gasteiger partial charge on any atom is 0.257 e. The van der Waals surface area contributed by atoms with Gasteiger partial charge >= 0.3 is 0 Å². The van der Waals surface area contributed by atoms with Crippen molar-refractivity contribution in [1.82, 2.24) is 4.90 Å². The largest absolute Gasteiger partial charge is 0.505 e. The summed E-state index contributed by atoms with van der Waals surface area (Å²) in [4.78, 5) is 38.0. The molecule has 7 heteroatoms. The van der Waals surface area contributed by atoms with Crippen LogP contribution >= 0.6 is 0 Å². The molecule has 160 valence electrons. The Morgan fingerprint density at radius 2 is 1.63 bits per heavy atom. The number of benzene rings is 2. The lowest BCUT2D eigenvalue weighted by Crippen LogP contribution is -2.43. The Kier molecular flexibility index (Phi) is 5.64. The lowest BCUT2D eigenvalue weighted by Gasteiger charge is -2.29. The van der Waals surface area contributed by atoms with E-state index in [0.717, 1.165) is 5.56 Å². The van der Waals surface area contributed by atoms with E-state index < -0.39 is 16.4 Å². The predicted molar refractivity (Wildman–Crippen MR) is 123 cm³/mol. The zero-order chi connectivity index (χ0) is 22.1. The van der Waals surface area contributed by atoms with Crippen molar-refractivity contribution in [3.63, 3.8) is 0 Å². The van der Waals surface area contributed by atoms with E-state index in [4.69, 9.17) is 0 Å². The molecule has 3 rings (SSSR count). The van der Waals surface area contributed by atoms with Crippen LogP contribution in [0.3, 0.4) is 0 Å². The van der Waals surface area contributed by atoms with Gasteiger partial charge in [0, 0.05) is 22.5 Å². The van der Waals surface area contributed by atoms with E-state index in [-0.39, 0.29) is 37.1 Å². The lowest BCUT2D eigenvalue weighted by molar-refractivity contribution is 0.0824. The molecule has 0 saturated carbocycles. The van der Waals surface area contributed by atoms with E-state index in [1.54, 1.807) is 20.2 Å². The first-order valence-electron chi connectivity index (χ1n) is 9.57. The van der Waals surface area contributed by atoms with Crippen LogP contribution in [0, 0.1) is 0 Å². The van der Waals surface area contributed by atoms with Crippen molar-refractivity contribution in [2.24, 2.45) is 0 Å². The average Bonchev–Trinajstić information content (AvgIpc) is 2.71. The van der Waals surface area contributed by atoms with Crippen LogP contribution in [0.5, 0.6) is 5.75 Å². The van der Waals surface area contributed by atoms with Gasteiger partial charge in [-0.2, -0.15) is 0 Å². The topological polar surface area (TPSA) is 98.7 Å². The van der Waals surface area contributed by atoms with Gasteiger partial charge in [0.15, 0.2) is 5.75 Å². The van der Waals surface area contributed by atoms with Crippen molar-refractivity contribution < 1.29 is 12.8 Å². The summed E-state index contributed by atoms with van der Waals surface area (Å²) in [6.07, 6.45) is 0.643. The normalized spacial score (nSPS) is 11.3. The third-order valence-electron chi connectivity index (χ3n) is 4.79. The molecule has 1 amide bonds. The highest BCUT2D eigenvalue weighted by molar-refractivity contribution is 5.99. The SMILES string of the molecule is CN(C)C(=O)c1cccc(Nc2c(NC(C)(C)Cc3ccccc3)c(=O)c2=O)c1O.[HH].[HH]. The van der Waals surface area contributed by atoms with Gasteiger partial charge in [-0.25, -0.2) is 0 Å². The zero-order valence-electron chi connectivity index (χ0n) is 17.4. The molecule has 0 aliphatic rings. The number of nitrogens with zero attached hydrogens (tertiary/aromatic N) is 1. The maximum atomic E-state index is 12.2. The summed E-state index contributed by atoms with van der Waals surface area (Å²) in [5, 5.41) is 16.5. The van der Waals surface area contributed by atoms with Crippen molar-refractivity contribution in [3.8, 4) is 5.75 Å². The molecule has 0 saturated heterocycles. The Morgan fingerprint density at radius 1 is 1.00 bits per heavy atom. The Labute approximate surface area is 177 Å². The molecule has 0 aliphatic heterocycles. The number of amides is 1. The van der Waals surface area contributed by atoms with Crippen LogP contribution in [0.4, 0.5) is 17.1 Å². The summed E-state index contributed by atoms with van der Waals surface area (Å²) >= 11 is 0. The first-order chi connectivity index (χ1) is 14.1. The Bertz CT molecular complexity index is 1150. The molecule has 0 spiro atoms. The molecule has 3 aromatic carbocycles. The van der Waals surface area contributed by atoms with Gasteiger partial charge < -0.3 is 20.6 Å². The van der Waals surface area contributed by atoms with Gasteiger partial charge in [-0.15, -0.1) is 0 Å². The number of rotatable bonds is 7. The van der Waals surface area contributed by atoms with E-state index in [1.807, 2.05) is 44.2 Å². The molecule has 0 atom stereocenters. The number of carbonyl (C=O) groups excluding carboxylic acids is 1. The standard InChI is InChI=1S/C23H25N3O4.2H2/c1-23(2,13-14-9-6-5-7-10-14)25-18-17(20(28)21(18)29)24-16-12-8-11-15(19(16)27)22(30)26(3)4;;/h5-12,24-25,27H,13H2,1-4H3;2*1H. The first kappa shape index (κ1) is 21.1. The van der Waals surface area contributed by atoms with Crippen LogP contribution in [0.25, 0.3) is 0 Å². The van der Waals surface area contributed by atoms with Crippen LogP contribution < -0.4 is 21.5 Å². The Hall–Kier alpha value is -3.61. The molecule has 3 aromatic rings. The molecular formula is C23H29N3O4. The van der Waals surface area contributed by atoms with E-state index in [9.17, 15) is 19.5 Å². The third kappa shape index (κ3) is 4.20. The molecule has 0 bridgehead atoms. The smallest absolute Gasteiger partial charge is 0.257 e. The van der Waals surface area contributed by atoms with Gasteiger partial charge in [0.1, 0.15) is 11.4 Å². The number of aromatic hydroxyl groups is 1. The summed E-state index contributed by atoms with van der Waals surface area (Å²) in [7, 11) is 3.16. The predicted octanol–water partition coefficient (Wildman–Crippen LogP) is 3.36. The molecule has 0 radical (unpaired) electrons. The Balaban J connectivity index is 0.00000256. The number of phenolic OH excluding ortho intramolecular Hbond substituents is 1. The highest BCUT2D eigenvalue weighted by Crippen LogP contribution is 2.32. The summed E-state index contributed by atoms with van der Waals surface area (Å²) < 4.78 is 0. The van der Waals surface area contributed by atoms with E-state index in [0.29, 0.717) is 6.42 Å². The van der Waals surface area contributed by atoms with Gasteiger partial charge in [-0.3, -0.25) is 14.4 Å². The fourth-order valence-electron chi connectivity index (χ4n) is 3.31. The number of para-hydroxylation sites is 1. The highest BCUT2D eigenvalue weighted by Gasteiger charge is 2.28. The minimum absolute atomic E-state index is 0. The molecule has 0 aromatic heterocycles. The second-order valence-corrected chi connectivity index (χ2v) is 8.11. The van der Waals surface area contributed by atoms with Crippen LogP contribution in [-0.4, -0.2) is 35.5 Å². The van der Waals surface area contributed by atoms with Gasteiger partial charge in [-0.1, -0.05) is 36.4 Å². The monoisotopic (exact) mass is 411 g/mol. The van der Waals surface area contributed by atoms with Crippen molar-refractivity contribution in [2.45, 2.75) is 25.8 Å². The number of hydrogen-bond acceptors (Lipinski definition) is 6. The van der Waals surface area contributed by atoms with Gasteiger partial charge in [0.2, 0.25) is 0 Å². The number of nitrogens with one attached hydrogen (secondary N) is 2. The average molecular weight is 412 g/mol. The summed E-state index contributed by atoms with van der Waals surface area (Å²) in [6, 6.07) is 14.4.